The maximum atomic E-state index is 11.5. The molecule has 0 aliphatic carbocycles. The van der Waals surface area contributed by atoms with Gasteiger partial charge in [0.25, 0.3) is 0 Å². The van der Waals surface area contributed by atoms with Crippen LogP contribution in [0.4, 0.5) is 4.79 Å². The van der Waals surface area contributed by atoms with Gasteiger partial charge in [0.15, 0.2) is 6.03 Å². The van der Waals surface area contributed by atoms with Crippen LogP contribution in [-0.2, 0) is 42.2 Å². The molecule has 1 heterocycles. The van der Waals surface area contributed by atoms with Crippen molar-refractivity contribution in [2.24, 2.45) is 11.8 Å². The standard InChI is InChI=1S/C15H28N2O6.Y/c1-3-9(6-12(19)17-15(16)22)4-5-10-8(2)13(20)14(21)11(7-18)23-10;/h8-11,13-14,18,20-21H,3-7H2,1-2H3,(H3,16,17,19,22);/p-1/t8?,9-,10?,11?,13?,14?;/m1./s1. The van der Waals surface area contributed by atoms with E-state index >= 15 is 0 Å². The molecular formula is C15H27N2O6Y-. The van der Waals surface area contributed by atoms with E-state index in [1.165, 1.54) is 0 Å². The van der Waals surface area contributed by atoms with Crippen LogP contribution in [-0.4, -0.2) is 58.3 Å². The zero-order valence-electron chi connectivity index (χ0n) is 14.1. The molecule has 1 aliphatic heterocycles. The van der Waals surface area contributed by atoms with E-state index in [2.05, 4.69) is 0 Å². The summed E-state index contributed by atoms with van der Waals surface area (Å²) >= 11 is 0. The van der Waals surface area contributed by atoms with Crippen LogP contribution in [0.5, 0.6) is 0 Å². The summed E-state index contributed by atoms with van der Waals surface area (Å²) in [5.74, 6) is -0.728. The fourth-order valence-corrected chi connectivity index (χ4v) is 2.95. The third-order valence-electron chi connectivity index (χ3n) is 4.55. The molecule has 8 nitrogen and oxygen atoms in total. The summed E-state index contributed by atoms with van der Waals surface area (Å²) < 4.78 is 5.65. The molecule has 5 unspecified atom stereocenters. The van der Waals surface area contributed by atoms with Crippen LogP contribution in [0, 0.1) is 11.8 Å². The molecule has 0 bridgehead atoms. The molecular weight excluding hydrogens is 393 g/mol. The molecule has 137 valence electrons. The van der Waals surface area contributed by atoms with Crippen molar-refractivity contribution in [2.75, 3.05) is 6.61 Å². The van der Waals surface area contributed by atoms with E-state index in [9.17, 15) is 24.9 Å². The Morgan fingerprint density at radius 2 is 1.88 bits per heavy atom. The fourth-order valence-electron chi connectivity index (χ4n) is 2.95. The van der Waals surface area contributed by atoms with Crippen molar-refractivity contribution in [1.29, 1.82) is 0 Å². The molecule has 0 aromatic rings. The summed E-state index contributed by atoms with van der Waals surface area (Å²) in [6.07, 6.45) is -1.10. The normalized spacial score (nSPS) is 31.0. The van der Waals surface area contributed by atoms with Crippen molar-refractivity contribution in [1.82, 2.24) is 5.32 Å². The third kappa shape index (κ3) is 7.02. The minimum atomic E-state index is -1.11. The minimum absolute atomic E-state index is 0. The molecule has 9 heteroatoms. The number of imide groups is 1. The molecule has 1 rings (SSSR count). The molecule has 1 aliphatic rings. The number of hydrogen-bond donors (Lipinski definition) is 4. The maximum absolute atomic E-state index is 11.5. The van der Waals surface area contributed by atoms with Crippen LogP contribution in [0.25, 0.3) is 5.73 Å². The summed E-state index contributed by atoms with van der Waals surface area (Å²) in [6, 6.07) is -1.11. The van der Waals surface area contributed by atoms with Crippen molar-refractivity contribution in [3.05, 3.63) is 5.73 Å². The maximum Gasteiger partial charge on any atom is 0.155 e. The zero-order valence-corrected chi connectivity index (χ0v) is 17.0. The van der Waals surface area contributed by atoms with Gasteiger partial charge in [0.2, 0.25) is 0 Å². The summed E-state index contributed by atoms with van der Waals surface area (Å²) in [5, 5.41) is 31.0. The predicted octanol–water partition coefficient (Wildman–Crippen LogP) is 0.586. The average molecular weight is 420 g/mol. The van der Waals surface area contributed by atoms with E-state index in [1.807, 2.05) is 12.2 Å². The molecule has 0 spiro atoms. The van der Waals surface area contributed by atoms with Crippen LogP contribution in [0.2, 0.25) is 0 Å². The Kier molecular flexibility index (Phi) is 11.4. The minimum Gasteiger partial charge on any atom is -0.447 e. The Morgan fingerprint density at radius 1 is 1.25 bits per heavy atom. The van der Waals surface area contributed by atoms with Crippen LogP contribution < -0.4 is 5.32 Å². The quantitative estimate of drug-likeness (QED) is 0.475. The second kappa shape index (κ2) is 11.5. The Bertz CT molecular complexity index is 409. The first-order valence-corrected chi connectivity index (χ1v) is 7.97. The monoisotopic (exact) mass is 420 g/mol. The van der Waals surface area contributed by atoms with Gasteiger partial charge in [-0.3, -0.25) is 9.59 Å². The number of carbonyl (C=O) groups is 2. The van der Waals surface area contributed by atoms with Crippen molar-refractivity contribution >= 4 is 11.9 Å². The number of carbonyl (C=O) groups excluding carboxylic acids is 2. The number of ether oxygens (including phenoxy) is 1. The summed E-state index contributed by atoms with van der Waals surface area (Å²) in [7, 11) is 0. The molecule has 1 saturated heterocycles. The van der Waals surface area contributed by atoms with Gasteiger partial charge >= 0.3 is 0 Å². The number of aliphatic hydroxyl groups excluding tert-OH is 3. The van der Waals surface area contributed by atoms with Gasteiger partial charge in [-0.25, -0.2) is 0 Å². The zero-order chi connectivity index (χ0) is 17.6. The molecule has 1 fully saturated rings. The van der Waals surface area contributed by atoms with Crippen LogP contribution in [0.15, 0.2) is 0 Å². The topological polar surface area (TPSA) is 140 Å². The van der Waals surface area contributed by atoms with Gasteiger partial charge in [-0.15, -0.1) is 0 Å². The van der Waals surface area contributed by atoms with Crippen LogP contribution >= 0.6 is 0 Å². The number of rotatable bonds is 7. The largest absolute Gasteiger partial charge is 0.447 e. The van der Waals surface area contributed by atoms with E-state index < -0.39 is 30.3 Å². The molecule has 0 aromatic carbocycles. The fraction of sp³-hybridized carbons (Fsp3) is 0.867. The smallest absolute Gasteiger partial charge is 0.155 e. The van der Waals surface area contributed by atoms with Gasteiger partial charge in [-0.2, -0.15) is 0 Å². The van der Waals surface area contributed by atoms with Gasteiger partial charge in [-0.05, 0) is 18.8 Å². The SMILES string of the molecule is CC[C@H](CCC1OC(CO)C(O)C(O)C1C)CC(=O)NC([NH-])=O.[Y]. The third-order valence-corrected chi connectivity index (χ3v) is 4.55. The van der Waals surface area contributed by atoms with E-state index in [1.54, 1.807) is 6.92 Å². The second-order valence-corrected chi connectivity index (χ2v) is 6.17. The first kappa shape index (κ1) is 23.9. The Labute approximate surface area is 167 Å². The number of hydrogen-bond acceptors (Lipinski definition) is 6. The van der Waals surface area contributed by atoms with Crippen molar-refractivity contribution in [3.63, 3.8) is 0 Å². The summed E-state index contributed by atoms with van der Waals surface area (Å²) in [6.45, 7) is 3.34. The van der Waals surface area contributed by atoms with Crippen LogP contribution in [0.1, 0.15) is 39.5 Å². The van der Waals surface area contributed by atoms with Gasteiger partial charge < -0.3 is 31.1 Å². The number of aliphatic hydroxyl groups is 3. The Balaban J connectivity index is 0.00000529. The van der Waals surface area contributed by atoms with E-state index in [0.717, 1.165) is 6.42 Å². The number of amides is 3. The Hall–Kier alpha value is -0.116. The van der Waals surface area contributed by atoms with Crippen molar-refractivity contribution < 1.29 is 62.4 Å². The van der Waals surface area contributed by atoms with Crippen LogP contribution in [0.3, 0.4) is 0 Å². The molecule has 5 N–H and O–H groups in total. The van der Waals surface area contributed by atoms with Gasteiger partial charge in [-0.1, -0.05) is 20.3 Å². The Morgan fingerprint density at radius 3 is 2.38 bits per heavy atom. The first-order valence-electron chi connectivity index (χ1n) is 7.97. The van der Waals surface area contributed by atoms with E-state index in [4.69, 9.17) is 10.5 Å². The number of nitrogens with one attached hydrogen (secondary N) is 2. The van der Waals surface area contributed by atoms with Crippen molar-refractivity contribution in [3.8, 4) is 0 Å². The van der Waals surface area contributed by atoms with Gasteiger partial charge in [0.1, 0.15) is 18.1 Å². The number of urea groups is 1. The molecule has 3 amide bonds. The van der Waals surface area contributed by atoms with Gasteiger partial charge in [0, 0.05) is 45.0 Å². The average Bonchev–Trinajstić information content (AvgIpc) is 2.49. The molecule has 0 saturated carbocycles. The van der Waals surface area contributed by atoms with E-state index in [-0.39, 0.29) is 63.7 Å². The predicted molar refractivity (Wildman–Crippen MR) is 82.4 cm³/mol. The van der Waals surface area contributed by atoms with Crippen molar-refractivity contribution in [2.45, 2.75) is 63.9 Å². The molecule has 0 aromatic heterocycles. The second-order valence-electron chi connectivity index (χ2n) is 6.17. The molecule has 1 radical (unpaired) electrons. The molecule has 24 heavy (non-hydrogen) atoms. The molecule has 6 atom stereocenters. The summed E-state index contributed by atoms with van der Waals surface area (Å²) in [4.78, 5) is 22.1. The van der Waals surface area contributed by atoms with E-state index in [0.29, 0.717) is 12.8 Å². The summed E-state index contributed by atoms with van der Waals surface area (Å²) in [5.41, 5.74) is 6.72. The first-order chi connectivity index (χ1) is 10.8. The van der Waals surface area contributed by atoms with Gasteiger partial charge in [0.05, 0.1) is 18.8 Å².